The van der Waals surface area contributed by atoms with Gasteiger partial charge in [-0.25, -0.2) is 0 Å². The molecular formula is C17H34O4. The van der Waals surface area contributed by atoms with Crippen LogP contribution in [0.2, 0.25) is 0 Å². The monoisotopic (exact) mass is 302 g/mol. The Morgan fingerprint density at radius 1 is 1.00 bits per heavy atom. The van der Waals surface area contributed by atoms with Gasteiger partial charge in [0.1, 0.15) is 12.2 Å². The molecule has 0 bridgehead atoms. The lowest BCUT2D eigenvalue weighted by molar-refractivity contribution is -0.0768. The van der Waals surface area contributed by atoms with Crippen molar-refractivity contribution < 1.29 is 20.1 Å². The van der Waals surface area contributed by atoms with Gasteiger partial charge in [-0.1, -0.05) is 64.7 Å². The van der Waals surface area contributed by atoms with Crippen LogP contribution in [0.15, 0.2) is 0 Å². The number of aliphatic hydroxyl groups excluding tert-OH is 1. The van der Waals surface area contributed by atoms with Crippen LogP contribution < -0.4 is 0 Å². The van der Waals surface area contributed by atoms with Gasteiger partial charge < -0.3 is 20.1 Å². The SMILES string of the molecule is CCCCCCCCCCCC(O)C1(O)OC1C(C)(C)O. The quantitative estimate of drug-likeness (QED) is 0.382. The number of hydrogen-bond acceptors (Lipinski definition) is 4. The van der Waals surface area contributed by atoms with E-state index in [4.69, 9.17) is 4.74 Å². The fourth-order valence-corrected chi connectivity index (χ4v) is 2.91. The van der Waals surface area contributed by atoms with Gasteiger partial charge in [0.05, 0.1) is 5.60 Å². The minimum absolute atomic E-state index is 0.527. The molecule has 1 rings (SSSR count). The Labute approximate surface area is 129 Å². The lowest BCUT2D eigenvalue weighted by Gasteiger charge is -2.19. The van der Waals surface area contributed by atoms with Crippen molar-refractivity contribution in [1.82, 2.24) is 0 Å². The van der Waals surface area contributed by atoms with Crippen LogP contribution in [0.25, 0.3) is 0 Å². The Balaban J connectivity index is 2.01. The smallest absolute Gasteiger partial charge is 0.222 e. The second-order valence-corrected chi connectivity index (χ2v) is 7.04. The predicted molar refractivity (Wildman–Crippen MR) is 84.0 cm³/mol. The summed E-state index contributed by atoms with van der Waals surface area (Å²) in [6, 6.07) is 0. The third kappa shape index (κ3) is 6.23. The summed E-state index contributed by atoms with van der Waals surface area (Å²) < 4.78 is 5.12. The van der Waals surface area contributed by atoms with E-state index >= 15 is 0 Å². The maximum atomic E-state index is 10.1. The molecule has 3 unspecified atom stereocenters. The summed E-state index contributed by atoms with van der Waals surface area (Å²) in [7, 11) is 0. The molecule has 0 aromatic carbocycles. The third-order valence-electron chi connectivity index (χ3n) is 4.33. The molecule has 4 nitrogen and oxygen atoms in total. The average molecular weight is 302 g/mol. The first-order valence-corrected chi connectivity index (χ1v) is 8.63. The molecule has 4 heteroatoms. The first-order valence-electron chi connectivity index (χ1n) is 8.63. The van der Waals surface area contributed by atoms with Crippen molar-refractivity contribution in [2.24, 2.45) is 0 Å². The first kappa shape index (κ1) is 18.9. The van der Waals surface area contributed by atoms with Gasteiger partial charge in [-0.05, 0) is 20.3 Å². The van der Waals surface area contributed by atoms with Crippen molar-refractivity contribution in [3.63, 3.8) is 0 Å². The molecule has 3 atom stereocenters. The van der Waals surface area contributed by atoms with E-state index in [1.807, 2.05) is 0 Å². The summed E-state index contributed by atoms with van der Waals surface area (Å²) in [5.41, 5.74) is -1.12. The molecule has 126 valence electrons. The topological polar surface area (TPSA) is 73.2 Å². The molecule has 1 aliphatic heterocycles. The van der Waals surface area contributed by atoms with Crippen LogP contribution in [0, 0.1) is 0 Å². The molecule has 0 saturated carbocycles. The average Bonchev–Trinajstić information content (AvgIpc) is 3.11. The molecule has 1 fully saturated rings. The van der Waals surface area contributed by atoms with E-state index in [0.717, 1.165) is 12.8 Å². The molecule has 21 heavy (non-hydrogen) atoms. The van der Waals surface area contributed by atoms with Crippen molar-refractivity contribution in [1.29, 1.82) is 0 Å². The molecular weight excluding hydrogens is 268 g/mol. The molecule has 3 N–H and O–H groups in total. The van der Waals surface area contributed by atoms with Crippen molar-refractivity contribution in [2.75, 3.05) is 0 Å². The Kier molecular flexibility index (Phi) is 7.62. The van der Waals surface area contributed by atoms with Crippen molar-refractivity contribution >= 4 is 0 Å². The number of aliphatic hydroxyl groups is 3. The normalized spacial score (nSPS) is 26.9. The van der Waals surface area contributed by atoms with Gasteiger partial charge in [0.15, 0.2) is 0 Å². The van der Waals surface area contributed by atoms with Crippen molar-refractivity contribution in [3.05, 3.63) is 0 Å². The zero-order chi connectivity index (χ0) is 15.9. The van der Waals surface area contributed by atoms with Crippen molar-refractivity contribution in [3.8, 4) is 0 Å². The van der Waals surface area contributed by atoms with Crippen LogP contribution >= 0.6 is 0 Å². The standard InChI is InChI=1S/C17H34O4/c1-4-5-6-7-8-9-10-11-12-13-14(18)17(20)15(21-17)16(2,3)19/h14-15,18-20H,4-13H2,1-3H3. The lowest BCUT2D eigenvalue weighted by Crippen LogP contribution is -2.40. The highest BCUT2D eigenvalue weighted by Crippen LogP contribution is 2.44. The predicted octanol–water partition coefficient (Wildman–Crippen LogP) is 3.13. The van der Waals surface area contributed by atoms with Gasteiger partial charge in [-0.3, -0.25) is 0 Å². The fraction of sp³-hybridized carbons (Fsp3) is 1.00. The largest absolute Gasteiger partial charge is 0.388 e. The molecule has 0 radical (unpaired) electrons. The summed E-state index contributed by atoms with van der Waals surface area (Å²) >= 11 is 0. The highest BCUT2D eigenvalue weighted by atomic mass is 16.8. The fourth-order valence-electron chi connectivity index (χ4n) is 2.91. The Hall–Kier alpha value is -0.160. The molecule has 0 aromatic rings. The first-order chi connectivity index (χ1) is 9.82. The lowest BCUT2D eigenvalue weighted by atomic mass is 9.95. The maximum absolute atomic E-state index is 10.1. The van der Waals surface area contributed by atoms with E-state index in [1.165, 1.54) is 44.9 Å². The molecule has 1 saturated heterocycles. The molecule has 0 spiro atoms. The van der Waals surface area contributed by atoms with Gasteiger partial charge >= 0.3 is 0 Å². The molecule has 1 heterocycles. The van der Waals surface area contributed by atoms with E-state index in [2.05, 4.69) is 6.92 Å². The van der Waals surface area contributed by atoms with E-state index < -0.39 is 23.6 Å². The van der Waals surface area contributed by atoms with E-state index in [-0.39, 0.29) is 0 Å². The van der Waals surface area contributed by atoms with Crippen LogP contribution in [0.3, 0.4) is 0 Å². The molecule has 1 aliphatic rings. The zero-order valence-corrected chi connectivity index (χ0v) is 14.0. The van der Waals surface area contributed by atoms with Crippen molar-refractivity contribution in [2.45, 2.75) is 109 Å². The highest BCUT2D eigenvalue weighted by molar-refractivity contribution is 5.06. The van der Waals surface area contributed by atoms with Gasteiger partial charge in [0.25, 0.3) is 0 Å². The second-order valence-electron chi connectivity index (χ2n) is 7.04. The number of epoxide rings is 1. The van der Waals surface area contributed by atoms with Gasteiger partial charge in [-0.2, -0.15) is 0 Å². The molecule has 0 aliphatic carbocycles. The van der Waals surface area contributed by atoms with Crippen LogP contribution in [0.4, 0.5) is 0 Å². The van der Waals surface area contributed by atoms with E-state index in [9.17, 15) is 15.3 Å². The number of ether oxygens (including phenoxy) is 1. The van der Waals surface area contributed by atoms with Crippen LogP contribution in [0.5, 0.6) is 0 Å². The van der Waals surface area contributed by atoms with E-state index in [1.54, 1.807) is 13.8 Å². The van der Waals surface area contributed by atoms with Gasteiger partial charge in [-0.15, -0.1) is 0 Å². The Morgan fingerprint density at radius 2 is 1.48 bits per heavy atom. The second kappa shape index (κ2) is 8.47. The summed E-state index contributed by atoms with van der Waals surface area (Å²) in [5.74, 6) is -1.54. The number of unbranched alkanes of at least 4 members (excludes halogenated alkanes) is 8. The Bertz CT molecular complexity index is 287. The van der Waals surface area contributed by atoms with Crippen LogP contribution in [-0.4, -0.2) is 38.9 Å². The third-order valence-corrected chi connectivity index (χ3v) is 4.33. The highest BCUT2D eigenvalue weighted by Gasteiger charge is 2.65. The summed E-state index contributed by atoms with van der Waals surface area (Å²) in [6.07, 6.45) is 9.96. The molecule has 0 amide bonds. The van der Waals surface area contributed by atoms with Crippen LogP contribution in [0.1, 0.15) is 85.0 Å². The number of hydrogen-bond donors (Lipinski definition) is 3. The van der Waals surface area contributed by atoms with Crippen LogP contribution in [-0.2, 0) is 4.74 Å². The summed E-state index contributed by atoms with van der Waals surface area (Å²) in [6.45, 7) is 5.40. The summed E-state index contributed by atoms with van der Waals surface area (Å²) in [4.78, 5) is 0. The minimum Gasteiger partial charge on any atom is -0.388 e. The minimum atomic E-state index is -1.54. The Morgan fingerprint density at radius 3 is 1.90 bits per heavy atom. The number of rotatable bonds is 12. The molecule has 0 aromatic heterocycles. The maximum Gasteiger partial charge on any atom is 0.222 e. The van der Waals surface area contributed by atoms with E-state index in [0.29, 0.717) is 6.42 Å². The van der Waals surface area contributed by atoms with Gasteiger partial charge in [0.2, 0.25) is 5.79 Å². The summed E-state index contributed by atoms with van der Waals surface area (Å²) in [5, 5.41) is 29.9. The van der Waals surface area contributed by atoms with Gasteiger partial charge in [0, 0.05) is 0 Å². The zero-order valence-electron chi connectivity index (χ0n) is 14.0.